The van der Waals surface area contributed by atoms with Gasteiger partial charge in [-0.1, -0.05) is 13.0 Å². The lowest BCUT2D eigenvalue weighted by Crippen LogP contribution is -2.32. The van der Waals surface area contributed by atoms with Crippen LogP contribution in [0.5, 0.6) is 0 Å². The van der Waals surface area contributed by atoms with Gasteiger partial charge in [0.25, 0.3) is 11.8 Å². The minimum Gasteiger partial charge on any atom is -0.351 e. The van der Waals surface area contributed by atoms with Crippen molar-refractivity contribution in [2.24, 2.45) is 0 Å². The van der Waals surface area contributed by atoms with Gasteiger partial charge in [0.1, 0.15) is 0 Å². The molecule has 1 heterocycles. The van der Waals surface area contributed by atoms with E-state index in [1.54, 1.807) is 30.3 Å². The van der Waals surface area contributed by atoms with E-state index in [1.807, 2.05) is 11.4 Å². The number of carbonyl (C=O) groups is 2. The van der Waals surface area contributed by atoms with Crippen LogP contribution in [-0.2, 0) is 0 Å². The second-order valence-electron chi connectivity index (χ2n) is 5.01. The van der Waals surface area contributed by atoms with Crippen LogP contribution in [0.15, 0.2) is 41.8 Å². The minimum atomic E-state index is -0.140. The number of thiophene rings is 1. The first-order valence-corrected chi connectivity index (χ1v) is 8.52. The third-order valence-corrected chi connectivity index (χ3v) is 4.03. The lowest BCUT2D eigenvalue weighted by molar-refractivity contribution is 0.0953. The van der Waals surface area contributed by atoms with Crippen molar-refractivity contribution in [3.05, 3.63) is 52.2 Å². The summed E-state index contributed by atoms with van der Waals surface area (Å²) in [6.45, 7) is 4.41. The number of hydrogen-bond donors (Lipinski definition) is 3. The highest BCUT2D eigenvalue weighted by atomic mass is 35.5. The summed E-state index contributed by atoms with van der Waals surface area (Å²) < 4.78 is 0. The van der Waals surface area contributed by atoms with Crippen molar-refractivity contribution in [3.8, 4) is 0 Å². The van der Waals surface area contributed by atoms with Gasteiger partial charge in [-0.05, 0) is 48.7 Å². The van der Waals surface area contributed by atoms with Crippen molar-refractivity contribution in [1.82, 2.24) is 10.6 Å². The summed E-state index contributed by atoms with van der Waals surface area (Å²) in [5, 5.41) is 10.7. The van der Waals surface area contributed by atoms with E-state index in [1.165, 1.54) is 11.3 Å². The van der Waals surface area contributed by atoms with Gasteiger partial charge in [-0.15, -0.1) is 23.7 Å². The molecule has 0 aliphatic carbocycles. The molecule has 0 atom stereocenters. The van der Waals surface area contributed by atoms with Crippen LogP contribution in [0, 0.1) is 0 Å². The second kappa shape index (κ2) is 10.8. The molecule has 5 nitrogen and oxygen atoms in total. The molecule has 130 valence electrons. The number of hydrogen-bond acceptors (Lipinski definition) is 4. The van der Waals surface area contributed by atoms with Crippen LogP contribution >= 0.6 is 23.7 Å². The van der Waals surface area contributed by atoms with E-state index in [-0.39, 0.29) is 24.2 Å². The molecular weight excluding hydrogens is 346 g/mol. The Hall–Kier alpha value is -1.89. The Bertz CT molecular complexity index is 630. The first-order valence-electron chi connectivity index (χ1n) is 7.64. The first kappa shape index (κ1) is 20.2. The molecule has 2 rings (SSSR count). The van der Waals surface area contributed by atoms with Gasteiger partial charge in [0.05, 0.1) is 4.88 Å². The Labute approximate surface area is 152 Å². The fraction of sp³-hybridized carbons (Fsp3) is 0.294. The zero-order valence-corrected chi connectivity index (χ0v) is 15.1. The van der Waals surface area contributed by atoms with E-state index in [4.69, 9.17) is 0 Å². The summed E-state index contributed by atoms with van der Waals surface area (Å²) in [6, 6.07) is 10.5. The average Bonchev–Trinajstić information content (AvgIpc) is 3.10. The van der Waals surface area contributed by atoms with E-state index >= 15 is 0 Å². The average molecular weight is 368 g/mol. The lowest BCUT2D eigenvalue weighted by Gasteiger charge is -2.07. The molecule has 0 aliphatic rings. The lowest BCUT2D eigenvalue weighted by atomic mass is 10.2. The molecule has 7 heteroatoms. The van der Waals surface area contributed by atoms with Gasteiger partial charge in [-0.3, -0.25) is 9.59 Å². The van der Waals surface area contributed by atoms with E-state index in [9.17, 15) is 9.59 Å². The Kier molecular flexibility index (Phi) is 9.07. The molecule has 0 radical (unpaired) electrons. The molecule has 1 aromatic carbocycles. The van der Waals surface area contributed by atoms with Crippen molar-refractivity contribution in [2.75, 3.05) is 25.0 Å². The molecule has 0 fully saturated rings. The summed E-state index contributed by atoms with van der Waals surface area (Å²) in [5.74, 6) is -0.251. The maximum absolute atomic E-state index is 12.0. The highest BCUT2D eigenvalue weighted by Crippen LogP contribution is 2.14. The zero-order valence-electron chi connectivity index (χ0n) is 13.5. The topological polar surface area (TPSA) is 70.2 Å². The Balaban J connectivity index is 0.00000288. The number of benzene rings is 1. The molecule has 2 amide bonds. The predicted molar refractivity (Wildman–Crippen MR) is 101 cm³/mol. The van der Waals surface area contributed by atoms with Gasteiger partial charge in [-0.2, -0.15) is 0 Å². The van der Waals surface area contributed by atoms with Crippen molar-refractivity contribution in [3.63, 3.8) is 0 Å². The molecule has 1 aromatic heterocycles. The summed E-state index contributed by atoms with van der Waals surface area (Å²) in [4.78, 5) is 24.6. The highest BCUT2D eigenvalue weighted by Gasteiger charge is 2.08. The van der Waals surface area contributed by atoms with E-state index in [2.05, 4.69) is 22.9 Å². The number of halogens is 1. The number of carbonyl (C=O) groups excluding carboxylic acids is 2. The van der Waals surface area contributed by atoms with Gasteiger partial charge < -0.3 is 16.0 Å². The van der Waals surface area contributed by atoms with Crippen LogP contribution in [-0.4, -0.2) is 31.4 Å². The predicted octanol–water partition coefficient (Wildman–Crippen LogP) is 3.15. The third kappa shape index (κ3) is 6.31. The summed E-state index contributed by atoms with van der Waals surface area (Å²) in [6.07, 6.45) is 1.08. The van der Waals surface area contributed by atoms with E-state index < -0.39 is 0 Å². The fourth-order valence-corrected chi connectivity index (χ4v) is 2.59. The molecule has 0 bridgehead atoms. The maximum Gasteiger partial charge on any atom is 0.265 e. The summed E-state index contributed by atoms with van der Waals surface area (Å²) in [5.41, 5.74) is 1.25. The molecule has 0 aliphatic heterocycles. The fourth-order valence-electron chi connectivity index (χ4n) is 1.97. The van der Waals surface area contributed by atoms with Gasteiger partial charge in [0.2, 0.25) is 0 Å². The molecule has 3 N–H and O–H groups in total. The Morgan fingerprint density at radius 2 is 1.75 bits per heavy atom. The molecule has 0 saturated heterocycles. The minimum absolute atomic E-state index is 0. The van der Waals surface area contributed by atoms with Crippen molar-refractivity contribution >= 4 is 41.2 Å². The van der Waals surface area contributed by atoms with Crippen molar-refractivity contribution in [1.29, 1.82) is 0 Å². The molecule has 24 heavy (non-hydrogen) atoms. The molecule has 0 saturated carbocycles. The molecule has 0 spiro atoms. The largest absolute Gasteiger partial charge is 0.351 e. The Morgan fingerprint density at radius 3 is 2.38 bits per heavy atom. The van der Waals surface area contributed by atoms with Gasteiger partial charge >= 0.3 is 0 Å². The van der Waals surface area contributed by atoms with Crippen LogP contribution in [0.2, 0.25) is 0 Å². The van der Waals surface area contributed by atoms with Crippen molar-refractivity contribution < 1.29 is 9.59 Å². The second-order valence-corrected chi connectivity index (χ2v) is 5.96. The molecule has 0 unspecified atom stereocenters. The Morgan fingerprint density at radius 1 is 1.00 bits per heavy atom. The molecule has 2 aromatic rings. The van der Waals surface area contributed by atoms with E-state index in [0.717, 1.165) is 19.5 Å². The highest BCUT2D eigenvalue weighted by molar-refractivity contribution is 7.12. The van der Waals surface area contributed by atoms with E-state index in [0.29, 0.717) is 22.7 Å². The molecular formula is C17H22ClN3O2S. The van der Waals surface area contributed by atoms with Gasteiger partial charge in [0, 0.05) is 24.3 Å². The van der Waals surface area contributed by atoms with Crippen LogP contribution in [0.3, 0.4) is 0 Å². The zero-order chi connectivity index (χ0) is 16.5. The first-order chi connectivity index (χ1) is 11.2. The number of rotatable bonds is 8. The number of nitrogens with one attached hydrogen (secondary N) is 3. The van der Waals surface area contributed by atoms with Crippen LogP contribution in [0.1, 0.15) is 33.4 Å². The normalized spacial score (nSPS) is 9.88. The van der Waals surface area contributed by atoms with Crippen molar-refractivity contribution in [2.45, 2.75) is 13.3 Å². The number of anilines is 1. The smallest absolute Gasteiger partial charge is 0.265 e. The van der Waals surface area contributed by atoms with Gasteiger partial charge in [0.15, 0.2) is 0 Å². The SMILES string of the molecule is CCCNCCNC(=O)c1ccc(NC(=O)c2cccs2)cc1.Cl. The van der Waals surface area contributed by atoms with Crippen LogP contribution < -0.4 is 16.0 Å². The maximum atomic E-state index is 12.0. The summed E-state index contributed by atoms with van der Waals surface area (Å²) >= 11 is 1.39. The standard InChI is InChI=1S/C17H21N3O2S.ClH/c1-2-9-18-10-11-19-16(21)13-5-7-14(8-6-13)20-17(22)15-4-3-12-23-15;/h3-8,12,18H,2,9-11H2,1H3,(H,19,21)(H,20,22);1H. The summed E-state index contributed by atoms with van der Waals surface area (Å²) in [7, 11) is 0. The van der Waals surface area contributed by atoms with Gasteiger partial charge in [-0.25, -0.2) is 0 Å². The van der Waals surface area contributed by atoms with Crippen LogP contribution in [0.4, 0.5) is 5.69 Å². The third-order valence-electron chi connectivity index (χ3n) is 3.16. The van der Waals surface area contributed by atoms with Crippen LogP contribution in [0.25, 0.3) is 0 Å². The quantitative estimate of drug-likeness (QED) is 0.628. The number of amides is 2. The monoisotopic (exact) mass is 367 g/mol.